The normalized spacial score (nSPS) is 10.8. The molecule has 5 nitrogen and oxygen atoms in total. The molecule has 2 aromatic rings. The lowest BCUT2D eigenvalue weighted by Gasteiger charge is -1.98. The lowest BCUT2D eigenvalue weighted by Crippen LogP contribution is -1.90. The maximum Gasteiger partial charge on any atom is 0.270 e. The second-order valence-corrected chi connectivity index (χ2v) is 4.14. The fourth-order valence-corrected chi connectivity index (χ4v) is 1.59. The Morgan fingerprint density at radius 1 is 1.21 bits per heavy atom. The number of phenols is 1. The summed E-state index contributed by atoms with van der Waals surface area (Å²) in [6, 6.07) is 10.4. The highest BCUT2D eigenvalue weighted by molar-refractivity contribution is 6.33. The first kappa shape index (κ1) is 13.0. The summed E-state index contributed by atoms with van der Waals surface area (Å²) >= 11 is 5.94. The molecule has 0 aliphatic heterocycles. The number of non-ortho nitro benzene ring substituents is 1. The number of hydrogen-bond donors (Lipinski definition) is 1. The SMILES string of the molecule is O=[N+]([O-])c1ccc(Cl)c(C=Nc2ccc(O)cc2)c1. The van der Waals surface area contributed by atoms with Gasteiger partial charge in [0.2, 0.25) is 0 Å². The van der Waals surface area contributed by atoms with E-state index in [9.17, 15) is 10.1 Å². The van der Waals surface area contributed by atoms with E-state index in [1.165, 1.54) is 36.5 Å². The van der Waals surface area contributed by atoms with Crippen molar-refractivity contribution in [1.29, 1.82) is 0 Å². The van der Waals surface area contributed by atoms with E-state index < -0.39 is 4.92 Å². The van der Waals surface area contributed by atoms with E-state index in [-0.39, 0.29) is 11.4 Å². The molecule has 0 heterocycles. The summed E-state index contributed by atoms with van der Waals surface area (Å²) in [6.45, 7) is 0. The monoisotopic (exact) mass is 276 g/mol. The first-order chi connectivity index (χ1) is 9.06. The van der Waals surface area contributed by atoms with Gasteiger partial charge in [-0.25, -0.2) is 0 Å². The molecule has 0 radical (unpaired) electrons. The molecule has 0 amide bonds. The van der Waals surface area contributed by atoms with Gasteiger partial charge in [0, 0.05) is 28.9 Å². The van der Waals surface area contributed by atoms with E-state index in [2.05, 4.69) is 4.99 Å². The largest absolute Gasteiger partial charge is 0.508 e. The van der Waals surface area contributed by atoms with Gasteiger partial charge in [0.05, 0.1) is 10.6 Å². The van der Waals surface area contributed by atoms with E-state index in [1.807, 2.05) is 0 Å². The summed E-state index contributed by atoms with van der Waals surface area (Å²) in [4.78, 5) is 14.3. The van der Waals surface area contributed by atoms with Crippen LogP contribution in [0.4, 0.5) is 11.4 Å². The van der Waals surface area contributed by atoms with E-state index in [1.54, 1.807) is 12.1 Å². The molecule has 0 spiro atoms. The van der Waals surface area contributed by atoms with Gasteiger partial charge in [-0.1, -0.05) is 11.6 Å². The van der Waals surface area contributed by atoms with Gasteiger partial charge in [-0.15, -0.1) is 0 Å². The Labute approximate surface area is 113 Å². The minimum absolute atomic E-state index is 0.0449. The van der Waals surface area contributed by atoms with Crippen LogP contribution in [0.3, 0.4) is 0 Å². The Bertz CT molecular complexity index is 639. The molecule has 96 valence electrons. The average Bonchev–Trinajstić information content (AvgIpc) is 2.39. The van der Waals surface area contributed by atoms with Gasteiger partial charge in [-0.05, 0) is 30.3 Å². The lowest BCUT2D eigenvalue weighted by atomic mass is 10.2. The number of hydrogen-bond acceptors (Lipinski definition) is 4. The number of phenolic OH excluding ortho intramolecular Hbond substituents is 1. The van der Waals surface area contributed by atoms with Crippen LogP contribution in [-0.4, -0.2) is 16.2 Å². The number of aliphatic imine (C=N–C) groups is 1. The molecular formula is C13H9ClN2O3. The quantitative estimate of drug-likeness (QED) is 0.527. The van der Waals surface area contributed by atoms with Crippen LogP contribution in [0.1, 0.15) is 5.56 Å². The second kappa shape index (κ2) is 5.49. The minimum atomic E-state index is -0.492. The molecule has 0 saturated carbocycles. The first-order valence-corrected chi connectivity index (χ1v) is 5.71. The summed E-state index contributed by atoms with van der Waals surface area (Å²) in [5, 5.41) is 20.2. The van der Waals surface area contributed by atoms with E-state index in [0.717, 1.165) is 0 Å². The van der Waals surface area contributed by atoms with Crippen LogP contribution >= 0.6 is 11.6 Å². The molecule has 1 N–H and O–H groups in total. The van der Waals surface area contributed by atoms with Crippen LogP contribution in [0.5, 0.6) is 5.75 Å². The van der Waals surface area contributed by atoms with Crippen LogP contribution in [0, 0.1) is 10.1 Å². The molecule has 6 heteroatoms. The van der Waals surface area contributed by atoms with E-state index >= 15 is 0 Å². The van der Waals surface area contributed by atoms with Crippen molar-refractivity contribution in [2.75, 3.05) is 0 Å². The van der Waals surface area contributed by atoms with Gasteiger partial charge in [0.15, 0.2) is 0 Å². The highest BCUT2D eigenvalue weighted by Crippen LogP contribution is 2.22. The summed E-state index contributed by atoms with van der Waals surface area (Å²) < 4.78 is 0. The van der Waals surface area contributed by atoms with Crippen molar-refractivity contribution in [2.45, 2.75) is 0 Å². The Morgan fingerprint density at radius 3 is 2.53 bits per heavy atom. The number of halogens is 1. The van der Waals surface area contributed by atoms with Crippen molar-refractivity contribution in [3.63, 3.8) is 0 Å². The van der Waals surface area contributed by atoms with Gasteiger partial charge in [-0.3, -0.25) is 15.1 Å². The van der Waals surface area contributed by atoms with Crippen molar-refractivity contribution in [1.82, 2.24) is 0 Å². The van der Waals surface area contributed by atoms with Gasteiger partial charge in [-0.2, -0.15) is 0 Å². The molecule has 0 aliphatic carbocycles. The number of rotatable bonds is 3. The number of nitro groups is 1. The topological polar surface area (TPSA) is 75.7 Å². The maximum atomic E-state index is 10.7. The van der Waals surface area contributed by atoms with Crippen molar-refractivity contribution in [3.05, 3.63) is 63.2 Å². The third kappa shape index (κ3) is 3.29. The zero-order valence-corrected chi connectivity index (χ0v) is 10.4. The first-order valence-electron chi connectivity index (χ1n) is 5.33. The predicted molar refractivity (Wildman–Crippen MR) is 73.5 cm³/mol. The molecule has 0 aromatic heterocycles. The molecule has 0 unspecified atom stereocenters. The second-order valence-electron chi connectivity index (χ2n) is 3.74. The molecule has 19 heavy (non-hydrogen) atoms. The number of aromatic hydroxyl groups is 1. The van der Waals surface area contributed by atoms with Crippen LogP contribution in [-0.2, 0) is 0 Å². The number of nitrogens with zero attached hydrogens (tertiary/aromatic N) is 2. The molecule has 0 aliphatic rings. The van der Waals surface area contributed by atoms with Gasteiger partial charge < -0.3 is 5.11 Å². The standard InChI is InChI=1S/C13H9ClN2O3/c14-13-6-3-11(16(18)19)7-9(13)8-15-10-1-4-12(17)5-2-10/h1-8,17H. The Balaban J connectivity index is 2.29. The smallest absolute Gasteiger partial charge is 0.270 e. The zero-order chi connectivity index (χ0) is 13.8. The summed E-state index contributed by atoms with van der Waals surface area (Å²) in [7, 11) is 0. The summed E-state index contributed by atoms with van der Waals surface area (Å²) in [6.07, 6.45) is 1.45. The molecule has 2 rings (SSSR count). The highest BCUT2D eigenvalue weighted by atomic mass is 35.5. The van der Waals surface area contributed by atoms with Crippen molar-refractivity contribution >= 4 is 29.2 Å². The number of benzene rings is 2. The summed E-state index contributed by atoms with van der Waals surface area (Å²) in [5.41, 5.74) is 1.03. The Hall–Kier alpha value is -2.40. The summed E-state index contributed by atoms with van der Waals surface area (Å²) in [5.74, 6) is 0.146. The van der Waals surface area contributed by atoms with Crippen LogP contribution in [0.2, 0.25) is 5.02 Å². The van der Waals surface area contributed by atoms with Crippen LogP contribution in [0.25, 0.3) is 0 Å². The maximum absolute atomic E-state index is 10.7. The fourth-order valence-electron chi connectivity index (χ4n) is 1.43. The number of nitro benzene ring substituents is 1. The van der Waals surface area contributed by atoms with E-state index in [0.29, 0.717) is 16.3 Å². The van der Waals surface area contributed by atoms with Crippen molar-refractivity contribution in [3.8, 4) is 5.75 Å². The molecule has 0 bridgehead atoms. The van der Waals surface area contributed by atoms with Crippen molar-refractivity contribution in [2.24, 2.45) is 4.99 Å². The highest BCUT2D eigenvalue weighted by Gasteiger charge is 2.08. The molecule has 0 atom stereocenters. The molecule has 0 fully saturated rings. The third-order valence-corrected chi connectivity index (χ3v) is 2.74. The Kier molecular flexibility index (Phi) is 3.77. The third-order valence-electron chi connectivity index (χ3n) is 2.39. The van der Waals surface area contributed by atoms with Crippen LogP contribution in [0.15, 0.2) is 47.5 Å². The minimum Gasteiger partial charge on any atom is -0.508 e. The molecule has 0 saturated heterocycles. The Morgan fingerprint density at radius 2 is 1.89 bits per heavy atom. The van der Waals surface area contributed by atoms with Crippen molar-refractivity contribution < 1.29 is 10.0 Å². The molecule has 2 aromatic carbocycles. The predicted octanol–water partition coefficient (Wildman–Crippen LogP) is 3.70. The average molecular weight is 277 g/mol. The van der Waals surface area contributed by atoms with Crippen LogP contribution < -0.4 is 0 Å². The van der Waals surface area contributed by atoms with Gasteiger partial charge >= 0.3 is 0 Å². The fraction of sp³-hybridized carbons (Fsp3) is 0. The van der Waals surface area contributed by atoms with E-state index in [4.69, 9.17) is 16.7 Å². The lowest BCUT2D eigenvalue weighted by molar-refractivity contribution is -0.384. The molecular weight excluding hydrogens is 268 g/mol. The van der Waals surface area contributed by atoms with Gasteiger partial charge in [0.25, 0.3) is 5.69 Å². The zero-order valence-electron chi connectivity index (χ0n) is 9.65. The van der Waals surface area contributed by atoms with Gasteiger partial charge in [0.1, 0.15) is 5.75 Å².